The van der Waals surface area contributed by atoms with E-state index in [9.17, 15) is 0 Å². The summed E-state index contributed by atoms with van der Waals surface area (Å²) in [6, 6.07) is 11.5. The van der Waals surface area contributed by atoms with Gasteiger partial charge in [0.25, 0.3) is 0 Å². The molecule has 1 heterocycles. The largest absolute Gasteiger partial charge is 0.309 e. The lowest BCUT2D eigenvalue weighted by atomic mass is 9.93. The quantitative estimate of drug-likeness (QED) is 0.878. The zero-order valence-electron chi connectivity index (χ0n) is 11.9. The highest BCUT2D eigenvalue weighted by molar-refractivity contribution is 5.15. The molecule has 2 nitrogen and oxygen atoms in total. The number of piperazine rings is 1. The van der Waals surface area contributed by atoms with Gasteiger partial charge in [-0.3, -0.25) is 4.90 Å². The van der Waals surface area contributed by atoms with Crippen molar-refractivity contribution >= 4 is 0 Å². The molecule has 2 rings (SSSR count). The van der Waals surface area contributed by atoms with Crippen LogP contribution in [0.4, 0.5) is 0 Å². The number of benzene rings is 1. The van der Waals surface area contributed by atoms with Crippen molar-refractivity contribution in [2.24, 2.45) is 0 Å². The molecule has 0 spiro atoms. The van der Waals surface area contributed by atoms with E-state index in [-0.39, 0.29) is 0 Å². The van der Waals surface area contributed by atoms with Crippen molar-refractivity contribution in [1.82, 2.24) is 10.2 Å². The second-order valence-electron chi connectivity index (χ2n) is 5.85. The molecule has 1 aliphatic heterocycles. The maximum absolute atomic E-state index is 3.68. The fourth-order valence-electron chi connectivity index (χ4n) is 2.64. The third-order valence-electron chi connectivity index (χ3n) is 4.31. The summed E-state index contributed by atoms with van der Waals surface area (Å²) in [5.41, 5.74) is 1.74. The van der Waals surface area contributed by atoms with Crippen LogP contribution in [-0.4, -0.2) is 36.1 Å². The summed E-state index contributed by atoms with van der Waals surface area (Å²) < 4.78 is 0. The Balaban J connectivity index is 1.91. The van der Waals surface area contributed by atoms with Gasteiger partial charge in [-0.05, 0) is 32.3 Å². The minimum Gasteiger partial charge on any atom is -0.309 e. The van der Waals surface area contributed by atoms with Gasteiger partial charge in [-0.15, -0.1) is 0 Å². The second kappa shape index (κ2) is 5.85. The fourth-order valence-corrected chi connectivity index (χ4v) is 2.64. The third-order valence-corrected chi connectivity index (χ3v) is 4.31. The van der Waals surface area contributed by atoms with Crippen LogP contribution < -0.4 is 5.32 Å². The zero-order chi connectivity index (χ0) is 13.0. The van der Waals surface area contributed by atoms with Gasteiger partial charge in [-0.1, -0.05) is 37.3 Å². The molecular weight excluding hydrogens is 220 g/mol. The van der Waals surface area contributed by atoms with Gasteiger partial charge in [0.05, 0.1) is 0 Å². The summed E-state index contributed by atoms with van der Waals surface area (Å²) in [6.07, 6.45) is 2.35. The van der Waals surface area contributed by atoms with Crippen LogP contribution in [0.1, 0.15) is 32.8 Å². The van der Waals surface area contributed by atoms with Gasteiger partial charge in [0, 0.05) is 31.2 Å². The molecule has 1 aromatic carbocycles. The fraction of sp³-hybridized carbons (Fsp3) is 0.625. The van der Waals surface area contributed by atoms with Crippen molar-refractivity contribution in [1.29, 1.82) is 0 Å². The van der Waals surface area contributed by atoms with E-state index in [2.05, 4.69) is 61.3 Å². The van der Waals surface area contributed by atoms with Crippen LogP contribution in [0.15, 0.2) is 30.3 Å². The Morgan fingerprint density at radius 3 is 2.72 bits per heavy atom. The van der Waals surface area contributed by atoms with Crippen molar-refractivity contribution in [2.75, 3.05) is 19.6 Å². The smallest absolute Gasteiger partial charge is 0.0278 e. The molecule has 0 aliphatic carbocycles. The Morgan fingerprint density at radius 1 is 1.33 bits per heavy atom. The molecule has 2 heteroatoms. The lowest BCUT2D eigenvalue weighted by molar-refractivity contribution is 0.0944. The van der Waals surface area contributed by atoms with Gasteiger partial charge in [0.2, 0.25) is 0 Å². The van der Waals surface area contributed by atoms with E-state index < -0.39 is 0 Å². The number of hydrogen-bond acceptors (Lipinski definition) is 2. The van der Waals surface area contributed by atoms with Crippen LogP contribution in [0.2, 0.25) is 0 Å². The van der Waals surface area contributed by atoms with Gasteiger partial charge in [0.1, 0.15) is 0 Å². The lowest BCUT2D eigenvalue weighted by Gasteiger charge is -2.45. The highest BCUT2D eigenvalue weighted by atomic mass is 15.2. The molecular formula is C16H26N2. The summed E-state index contributed by atoms with van der Waals surface area (Å²) in [7, 11) is 0. The highest BCUT2D eigenvalue weighted by Crippen LogP contribution is 2.19. The first-order valence-electron chi connectivity index (χ1n) is 7.16. The van der Waals surface area contributed by atoms with Crippen molar-refractivity contribution < 1.29 is 0 Å². The first kappa shape index (κ1) is 13.6. The van der Waals surface area contributed by atoms with Gasteiger partial charge in [-0.25, -0.2) is 0 Å². The monoisotopic (exact) mass is 246 g/mol. The predicted molar refractivity (Wildman–Crippen MR) is 77.9 cm³/mol. The van der Waals surface area contributed by atoms with Gasteiger partial charge >= 0.3 is 0 Å². The van der Waals surface area contributed by atoms with Crippen LogP contribution in [0.25, 0.3) is 0 Å². The maximum atomic E-state index is 3.68. The summed E-state index contributed by atoms with van der Waals surface area (Å²) >= 11 is 0. The molecule has 1 fully saturated rings. The van der Waals surface area contributed by atoms with E-state index in [4.69, 9.17) is 0 Å². The van der Waals surface area contributed by atoms with Gasteiger partial charge < -0.3 is 5.32 Å². The molecule has 2 atom stereocenters. The minimum absolute atomic E-state index is 0.295. The molecule has 0 bridgehead atoms. The minimum atomic E-state index is 0.295. The average molecular weight is 246 g/mol. The van der Waals surface area contributed by atoms with Crippen LogP contribution in [0.3, 0.4) is 0 Å². The number of rotatable bonds is 4. The summed E-state index contributed by atoms with van der Waals surface area (Å²) in [5, 5.41) is 3.68. The highest BCUT2D eigenvalue weighted by Gasteiger charge is 2.31. The Labute approximate surface area is 111 Å². The van der Waals surface area contributed by atoms with Crippen molar-refractivity contribution in [3.63, 3.8) is 0 Å². The van der Waals surface area contributed by atoms with E-state index in [1.165, 1.54) is 18.5 Å². The normalized spacial score (nSPS) is 29.4. The summed E-state index contributed by atoms with van der Waals surface area (Å²) in [6.45, 7) is 10.4. The molecule has 18 heavy (non-hydrogen) atoms. The topological polar surface area (TPSA) is 15.3 Å². The molecule has 0 aromatic heterocycles. The maximum Gasteiger partial charge on any atom is 0.0278 e. The molecule has 0 radical (unpaired) electrons. The summed E-state index contributed by atoms with van der Waals surface area (Å²) in [4.78, 5) is 2.63. The van der Waals surface area contributed by atoms with Crippen molar-refractivity contribution in [3.8, 4) is 0 Å². The van der Waals surface area contributed by atoms with Crippen LogP contribution in [0.5, 0.6) is 0 Å². The zero-order valence-corrected chi connectivity index (χ0v) is 11.9. The van der Waals surface area contributed by atoms with Crippen molar-refractivity contribution in [2.45, 2.75) is 45.2 Å². The Hall–Kier alpha value is -0.860. The van der Waals surface area contributed by atoms with E-state index in [0.717, 1.165) is 19.5 Å². The molecule has 100 valence electrons. The average Bonchev–Trinajstić information content (AvgIpc) is 2.41. The van der Waals surface area contributed by atoms with Gasteiger partial charge in [-0.2, -0.15) is 0 Å². The van der Waals surface area contributed by atoms with Crippen LogP contribution in [0, 0.1) is 0 Å². The van der Waals surface area contributed by atoms with Crippen LogP contribution >= 0.6 is 0 Å². The standard InChI is InChI=1S/C16H26N2/c1-4-16(3)13-18(14(2)12-17-16)11-10-15-8-6-5-7-9-15/h5-9,14,17H,4,10-13H2,1-3H3. The summed E-state index contributed by atoms with van der Waals surface area (Å²) in [5.74, 6) is 0. The van der Waals surface area contributed by atoms with Gasteiger partial charge in [0.15, 0.2) is 0 Å². The molecule has 1 N–H and O–H groups in total. The molecule has 0 amide bonds. The number of nitrogens with zero attached hydrogens (tertiary/aromatic N) is 1. The van der Waals surface area contributed by atoms with E-state index in [1.807, 2.05) is 0 Å². The van der Waals surface area contributed by atoms with E-state index in [0.29, 0.717) is 11.6 Å². The predicted octanol–water partition coefficient (Wildman–Crippen LogP) is 2.69. The second-order valence-corrected chi connectivity index (χ2v) is 5.85. The molecule has 0 saturated carbocycles. The van der Waals surface area contributed by atoms with Crippen LogP contribution in [-0.2, 0) is 6.42 Å². The van der Waals surface area contributed by atoms with E-state index in [1.54, 1.807) is 0 Å². The molecule has 1 saturated heterocycles. The molecule has 1 aromatic rings. The first-order valence-corrected chi connectivity index (χ1v) is 7.16. The van der Waals surface area contributed by atoms with E-state index >= 15 is 0 Å². The molecule has 2 unspecified atom stereocenters. The van der Waals surface area contributed by atoms with Crippen molar-refractivity contribution in [3.05, 3.63) is 35.9 Å². The Bertz CT molecular complexity index is 363. The lowest BCUT2D eigenvalue weighted by Crippen LogP contribution is -2.62. The molecule has 1 aliphatic rings. The number of hydrogen-bond donors (Lipinski definition) is 1. The number of nitrogens with one attached hydrogen (secondary N) is 1. The Kier molecular flexibility index (Phi) is 4.41. The third kappa shape index (κ3) is 3.33. The Morgan fingerprint density at radius 2 is 2.06 bits per heavy atom. The SMILES string of the molecule is CCC1(C)CN(CCc2ccccc2)C(C)CN1. The first-order chi connectivity index (χ1) is 8.63.